The number of nitrogens with zero attached hydrogens (tertiary/aromatic N) is 1. The van der Waals surface area contributed by atoms with E-state index in [9.17, 15) is 14.4 Å². The minimum absolute atomic E-state index is 0.0698. The number of furan rings is 1. The molecule has 28 heavy (non-hydrogen) atoms. The fourth-order valence-corrected chi connectivity index (χ4v) is 3.04. The zero-order valence-corrected chi connectivity index (χ0v) is 15.9. The van der Waals surface area contributed by atoms with Crippen LogP contribution in [0.4, 0.5) is 4.79 Å². The number of imide groups is 1. The first-order chi connectivity index (χ1) is 13.4. The Hall–Kier alpha value is -3.13. The van der Waals surface area contributed by atoms with Crippen LogP contribution >= 0.6 is 0 Å². The lowest BCUT2D eigenvalue weighted by atomic mass is 9.93. The van der Waals surface area contributed by atoms with Crippen molar-refractivity contribution < 1.29 is 18.8 Å². The van der Waals surface area contributed by atoms with Crippen LogP contribution in [0, 0.1) is 0 Å². The molecule has 0 saturated carbocycles. The van der Waals surface area contributed by atoms with E-state index in [2.05, 4.69) is 16.1 Å². The lowest BCUT2D eigenvalue weighted by Crippen LogP contribution is -2.51. The van der Waals surface area contributed by atoms with Crippen molar-refractivity contribution in [2.45, 2.75) is 38.3 Å². The van der Waals surface area contributed by atoms with Gasteiger partial charge in [-0.3, -0.25) is 20.3 Å². The van der Waals surface area contributed by atoms with Gasteiger partial charge >= 0.3 is 6.03 Å². The maximum absolute atomic E-state index is 12.7. The van der Waals surface area contributed by atoms with E-state index in [4.69, 9.17) is 4.42 Å². The Morgan fingerprint density at radius 3 is 2.64 bits per heavy atom. The van der Waals surface area contributed by atoms with Crippen LogP contribution < -0.4 is 16.1 Å². The maximum atomic E-state index is 12.7. The normalized spacial score (nSPS) is 20.1. The molecule has 2 atom stereocenters. The van der Waals surface area contributed by atoms with Gasteiger partial charge in [0.15, 0.2) is 0 Å². The van der Waals surface area contributed by atoms with Crippen molar-refractivity contribution in [1.29, 1.82) is 0 Å². The van der Waals surface area contributed by atoms with E-state index in [0.717, 1.165) is 10.6 Å². The smallest absolute Gasteiger partial charge is 0.344 e. The van der Waals surface area contributed by atoms with Gasteiger partial charge in [-0.05, 0) is 44.4 Å². The number of nitrogens with one attached hydrogen (secondary N) is 3. The summed E-state index contributed by atoms with van der Waals surface area (Å²) in [5, 5.41) is 6.42. The fraction of sp³-hybridized carbons (Fsp3) is 0.350. The van der Waals surface area contributed by atoms with E-state index in [0.29, 0.717) is 18.6 Å². The predicted octanol–water partition coefficient (Wildman–Crippen LogP) is 1.90. The van der Waals surface area contributed by atoms with Gasteiger partial charge in [0, 0.05) is 0 Å². The molecule has 1 aliphatic heterocycles. The molecule has 148 valence electrons. The predicted molar refractivity (Wildman–Crippen MR) is 102 cm³/mol. The molecule has 0 bridgehead atoms. The van der Waals surface area contributed by atoms with Crippen LogP contribution in [0.15, 0.2) is 53.1 Å². The molecule has 8 nitrogen and oxygen atoms in total. The number of hydrogen-bond donors (Lipinski definition) is 3. The number of rotatable bonds is 8. The zero-order chi connectivity index (χ0) is 20.1. The van der Waals surface area contributed by atoms with E-state index >= 15 is 0 Å². The number of hydrogen-bond acceptors (Lipinski definition) is 5. The van der Waals surface area contributed by atoms with E-state index in [1.54, 1.807) is 25.3 Å². The lowest BCUT2D eigenvalue weighted by Gasteiger charge is -2.21. The summed E-state index contributed by atoms with van der Waals surface area (Å²) in [6.45, 7) is 3.44. The molecule has 1 saturated heterocycles. The van der Waals surface area contributed by atoms with Crippen molar-refractivity contribution in [3.8, 4) is 0 Å². The van der Waals surface area contributed by atoms with Crippen molar-refractivity contribution in [3.63, 3.8) is 0 Å². The molecular weight excluding hydrogens is 360 g/mol. The minimum Gasteiger partial charge on any atom is -0.468 e. The average molecular weight is 384 g/mol. The summed E-state index contributed by atoms with van der Waals surface area (Å²) in [4.78, 5) is 37.1. The summed E-state index contributed by atoms with van der Waals surface area (Å²) in [6, 6.07) is 12.5. The van der Waals surface area contributed by atoms with Crippen LogP contribution in [0.25, 0.3) is 0 Å². The Bertz CT molecular complexity index is 837. The second kappa shape index (κ2) is 8.26. The molecule has 3 N–H and O–H groups in total. The summed E-state index contributed by atoms with van der Waals surface area (Å²) < 4.78 is 5.26. The Balaban J connectivity index is 1.53. The van der Waals surface area contributed by atoms with Gasteiger partial charge in [0.25, 0.3) is 11.8 Å². The van der Waals surface area contributed by atoms with Crippen molar-refractivity contribution in [3.05, 3.63) is 60.1 Å². The summed E-state index contributed by atoms with van der Waals surface area (Å²) in [5.41, 5.74) is 2.39. The second-order valence-electron chi connectivity index (χ2n) is 7.04. The van der Waals surface area contributed by atoms with Crippen LogP contribution in [0.3, 0.4) is 0 Å². The van der Waals surface area contributed by atoms with Crippen molar-refractivity contribution in [2.24, 2.45) is 0 Å². The summed E-state index contributed by atoms with van der Waals surface area (Å²) >= 11 is 0. The molecule has 2 aromatic rings. The quantitative estimate of drug-likeness (QED) is 0.603. The number of amides is 4. The first kappa shape index (κ1) is 19.6. The molecule has 8 heteroatoms. The molecular formula is C20H24N4O4. The molecule has 1 aliphatic rings. The molecule has 1 fully saturated rings. The van der Waals surface area contributed by atoms with Gasteiger partial charge in [-0.15, -0.1) is 0 Å². The summed E-state index contributed by atoms with van der Waals surface area (Å²) in [5.74, 6) is -0.272. The summed E-state index contributed by atoms with van der Waals surface area (Å²) in [6.07, 6.45) is 2.62. The fourth-order valence-electron chi connectivity index (χ4n) is 3.04. The molecule has 2 heterocycles. The number of hydrazine groups is 1. The number of carbonyl (C=O) groups excluding carboxylic acids is 3. The third-order valence-corrected chi connectivity index (χ3v) is 4.79. The number of urea groups is 1. The molecule has 0 unspecified atom stereocenters. The first-order valence-electron chi connectivity index (χ1n) is 9.16. The Labute approximate surface area is 163 Å². The zero-order valence-electron chi connectivity index (χ0n) is 15.9. The van der Waals surface area contributed by atoms with Gasteiger partial charge in [-0.1, -0.05) is 30.3 Å². The Kier molecular flexibility index (Phi) is 5.79. The molecule has 1 aromatic carbocycles. The van der Waals surface area contributed by atoms with Gasteiger partial charge in [0.05, 0.1) is 18.8 Å². The van der Waals surface area contributed by atoms with Crippen LogP contribution in [0.2, 0.25) is 0 Å². The van der Waals surface area contributed by atoms with Gasteiger partial charge in [-0.25, -0.2) is 4.79 Å². The highest BCUT2D eigenvalue weighted by Gasteiger charge is 2.48. The van der Waals surface area contributed by atoms with E-state index in [-0.39, 0.29) is 12.6 Å². The largest absolute Gasteiger partial charge is 0.468 e. The maximum Gasteiger partial charge on any atom is 0.344 e. The molecule has 3 rings (SSSR count). The molecule has 0 radical (unpaired) electrons. The molecule has 1 aromatic heterocycles. The molecule has 0 aliphatic carbocycles. The van der Waals surface area contributed by atoms with E-state index in [1.807, 2.05) is 37.3 Å². The van der Waals surface area contributed by atoms with Gasteiger partial charge in [-0.2, -0.15) is 5.01 Å². The van der Waals surface area contributed by atoms with Gasteiger partial charge in [0.1, 0.15) is 11.3 Å². The van der Waals surface area contributed by atoms with Crippen LogP contribution in [-0.2, 0) is 16.0 Å². The number of carbonyl (C=O) groups is 3. The standard InChI is InChI=1S/C20H24N4O4/c1-14(16-9-6-12-28-16)21-13-17(25)23-24-18(26)20(2,22-19(24)27)11-10-15-7-4-3-5-8-15/h3-9,12,14,21H,10-11,13H2,1-2H3,(H,22,27)(H,23,25)/t14-,20+/m1/s1. The highest BCUT2D eigenvalue weighted by Crippen LogP contribution is 2.22. The minimum atomic E-state index is -1.06. The SMILES string of the molecule is C[C@@H](NCC(=O)NN1C(=O)N[C@@](C)(CCc2ccccc2)C1=O)c1ccco1. The third-order valence-electron chi connectivity index (χ3n) is 4.79. The van der Waals surface area contributed by atoms with Crippen molar-refractivity contribution in [1.82, 2.24) is 21.1 Å². The second-order valence-corrected chi connectivity index (χ2v) is 7.04. The van der Waals surface area contributed by atoms with Crippen LogP contribution in [0.5, 0.6) is 0 Å². The topological polar surface area (TPSA) is 104 Å². The Morgan fingerprint density at radius 1 is 1.21 bits per heavy atom. The van der Waals surface area contributed by atoms with Crippen LogP contribution in [0.1, 0.15) is 37.6 Å². The molecule has 4 amide bonds. The molecule has 0 spiro atoms. The van der Waals surface area contributed by atoms with Crippen molar-refractivity contribution >= 4 is 17.8 Å². The lowest BCUT2D eigenvalue weighted by molar-refractivity contribution is -0.138. The highest BCUT2D eigenvalue weighted by atomic mass is 16.3. The van der Waals surface area contributed by atoms with Crippen molar-refractivity contribution in [2.75, 3.05) is 6.54 Å². The number of aryl methyl sites for hydroxylation is 1. The van der Waals surface area contributed by atoms with E-state index < -0.39 is 23.4 Å². The van der Waals surface area contributed by atoms with Gasteiger partial charge in [0.2, 0.25) is 0 Å². The highest BCUT2D eigenvalue weighted by molar-refractivity contribution is 6.07. The summed E-state index contributed by atoms with van der Waals surface area (Å²) in [7, 11) is 0. The third kappa shape index (κ3) is 4.40. The van der Waals surface area contributed by atoms with E-state index in [1.165, 1.54) is 0 Å². The first-order valence-corrected chi connectivity index (χ1v) is 9.16. The van der Waals surface area contributed by atoms with Gasteiger partial charge < -0.3 is 9.73 Å². The van der Waals surface area contributed by atoms with Crippen LogP contribution in [-0.4, -0.2) is 34.9 Å². The monoisotopic (exact) mass is 384 g/mol. The Morgan fingerprint density at radius 2 is 1.96 bits per heavy atom. The average Bonchev–Trinajstić information content (AvgIpc) is 3.29. The number of benzene rings is 1.